The fourth-order valence-electron chi connectivity index (χ4n) is 3.37. The SMILES string of the molecule is O=C(NNC(=S)NCc1ccccc1)C1CCN(C(=O)c2ccc(C(F)(F)F)cc2)CC1. The summed E-state index contributed by atoms with van der Waals surface area (Å²) in [6.07, 6.45) is -3.55. The van der Waals surface area contributed by atoms with Crippen molar-refractivity contribution in [3.05, 3.63) is 71.3 Å². The maximum Gasteiger partial charge on any atom is 0.416 e. The van der Waals surface area contributed by atoms with Crippen LogP contribution < -0.4 is 16.2 Å². The highest BCUT2D eigenvalue weighted by Gasteiger charge is 2.31. The van der Waals surface area contributed by atoms with Crippen LogP contribution >= 0.6 is 12.2 Å². The minimum atomic E-state index is -4.44. The van der Waals surface area contributed by atoms with Gasteiger partial charge in [0.05, 0.1) is 5.56 Å². The van der Waals surface area contributed by atoms with E-state index in [0.29, 0.717) is 32.5 Å². The molecule has 1 fully saturated rings. The second kappa shape index (κ2) is 10.4. The Morgan fingerprint density at radius 1 is 0.969 bits per heavy atom. The second-order valence-electron chi connectivity index (χ2n) is 7.42. The average molecular weight is 465 g/mol. The molecule has 3 N–H and O–H groups in total. The monoisotopic (exact) mass is 464 g/mol. The van der Waals surface area contributed by atoms with E-state index in [1.165, 1.54) is 12.1 Å². The summed E-state index contributed by atoms with van der Waals surface area (Å²) >= 11 is 5.15. The second-order valence-corrected chi connectivity index (χ2v) is 7.83. The topological polar surface area (TPSA) is 73.5 Å². The lowest BCUT2D eigenvalue weighted by Crippen LogP contribution is -2.50. The summed E-state index contributed by atoms with van der Waals surface area (Å²) < 4.78 is 38.0. The molecule has 1 heterocycles. The molecule has 10 heteroatoms. The number of amides is 2. The summed E-state index contributed by atoms with van der Waals surface area (Å²) in [5, 5.41) is 3.28. The Morgan fingerprint density at radius 2 is 1.59 bits per heavy atom. The van der Waals surface area contributed by atoms with Crippen LogP contribution in [0.4, 0.5) is 13.2 Å². The van der Waals surface area contributed by atoms with Gasteiger partial charge in [0.25, 0.3) is 5.91 Å². The summed E-state index contributed by atoms with van der Waals surface area (Å²) in [6.45, 7) is 1.20. The number of likely N-dealkylation sites (tertiary alicyclic amines) is 1. The molecule has 0 spiro atoms. The van der Waals surface area contributed by atoms with Gasteiger partial charge in [-0.15, -0.1) is 0 Å². The number of carbonyl (C=O) groups excluding carboxylic acids is 2. The summed E-state index contributed by atoms with van der Waals surface area (Å²) in [4.78, 5) is 26.5. The molecule has 0 bridgehead atoms. The van der Waals surface area contributed by atoms with Crippen LogP contribution in [0.5, 0.6) is 0 Å². The molecule has 2 amide bonds. The summed E-state index contributed by atoms with van der Waals surface area (Å²) in [5.74, 6) is -0.867. The Bertz CT molecular complexity index is 944. The number of carbonyl (C=O) groups is 2. The van der Waals surface area contributed by atoms with Crippen LogP contribution in [-0.2, 0) is 17.5 Å². The molecule has 0 radical (unpaired) electrons. The van der Waals surface area contributed by atoms with Crippen LogP contribution in [0.15, 0.2) is 54.6 Å². The van der Waals surface area contributed by atoms with Crippen molar-refractivity contribution < 1.29 is 22.8 Å². The molecule has 0 atom stereocenters. The first kappa shape index (κ1) is 23.5. The quantitative estimate of drug-likeness (QED) is 0.479. The standard InChI is InChI=1S/C22H23F3N4O2S/c23-22(24,25)18-8-6-17(7-9-18)20(31)29-12-10-16(11-13-29)19(30)27-28-21(32)26-14-15-4-2-1-3-5-15/h1-9,16H,10-14H2,(H,27,30)(H2,26,28,32). The molecular formula is C22H23F3N4O2S. The Hall–Kier alpha value is -3.14. The molecule has 2 aromatic carbocycles. The minimum absolute atomic E-state index is 0.192. The number of hydrogen-bond acceptors (Lipinski definition) is 3. The van der Waals surface area contributed by atoms with E-state index in [0.717, 1.165) is 17.7 Å². The number of hydrazine groups is 1. The highest BCUT2D eigenvalue weighted by atomic mass is 32.1. The Kier molecular flexibility index (Phi) is 7.68. The molecule has 2 aromatic rings. The summed E-state index contributed by atoms with van der Waals surface area (Å²) in [7, 11) is 0. The number of halogens is 3. The number of rotatable bonds is 4. The zero-order chi connectivity index (χ0) is 23.1. The molecule has 32 heavy (non-hydrogen) atoms. The van der Waals surface area contributed by atoms with Crippen molar-refractivity contribution in [2.75, 3.05) is 13.1 Å². The molecule has 1 aliphatic rings. The van der Waals surface area contributed by atoms with Crippen LogP contribution in [0.1, 0.15) is 34.3 Å². The molecule has 1 aliphatic heterocycles. The van der Waals surface area contributed by atoms with E-state index in [2.05, 4.69) is 16.2 Å². The van der Waals surface area contributed by atoms with Gasteiger partial charge in [-0.2, -0.15) is 13.2 Å². The molecule has 0 unspecified atom stereocenters. The molecule has 3 rings (SSSR count). The fraction of sp³-hybridized carbons (Fsp3) is 0.318. The van der Waals surface area contributed by atoms with E-state index in [-0.39, 0.29) is 28.4 Å². The Balaban J connectivity index is 1.41. The van der Waals surface area contributed by atoms with Gasteiger partial charge in [0.1, 0.15) is 0 Å². The molecule has 0 aromatic heterocycles. The predicted octanol–water partition coefficient (Wildman–Crippen LogP) is 3.25. The number of nitrogens with one attached hydrogen (secondary N) is 3. The van der Waals surface area contributed by atoms with Crippen molar-refractivity contribution in [2.24, 2.45) is 5.92 Å². The van der Waals surface area contributed by atoms with E-state index in [4.69, 9.17) is 12.2 Å². The number of nitrogens with zero attached hydrogens (tertiary/aromatic N) is 1. The van der Waals surface area contributed by atoms with Crippen LogP contribution in [0, 0.1) is 5.92 Å². The zero-order valence-electron chi connectivity index (χ0n) is 17.1. The summed E-state index contributed by atoms with van der Waals surface area (Å²) in [5.41, 5.74) is 5.70. The van der Waals surface area contributed by atoms with Crippen molar-refractivity contribution in [3.63, 3.8) is 0 Å². The van der Waals surface area contributed by atoms with E-state index in [1.807, 2.05) is 30.3 Å². The van der Waals surface area contributed by atoms with Gasteiger partial charge in [0, 0.05) is 31.1 Å². The zero-order valence-corrected chi connectivity index (χ0v) is 17.9. The molecule has 6 nitrogen and oxygen atoms in total. The number of thiocarbonyl (C=S) groups is 1. The van der Waals surface area contributed by atoms with Crippen molar-refractivity contribution in [2.45, 2.75) is 25.6 Å². The fourth-order valence-corrected chi connectivity index (χ4v) is 3.50. The van der Waals surface area contributed by atoms with Gasteiger partial charge in [-0.1, -0.05) is 30.3 Å². The van der Waals surface area contributed by atoms with E-state index in [9.17, 15) is 22.8 Å². The van der Waals surface area contributed by atoms with Gasteiger partial charge in [0.15, 0.2) is 5.11 Å². The van der Waals surface area contributed by atoms with Crippen molar-refractivity contribution in [3.8, 4) is 0 Å². The number of alkyl halides is 3. The van der Waals surface area contributed by atoms with Crippen LogP contribution in [-0.4, -0.2) is 34.9 Å². The van der Waals surface area contributed by atoms with Gasteiger partial charge in [-0.25, -0.2) is 0 Å². The number of piperidine rings is 1. The Morgan fingerprint density at radius 3 is 2.19 bits per heavy atom. The van der Waals surface area contributed by atoms with Crippen LogP contribution in [0.25, 0.3) is 0 Å². The average Bonchev–Trinajstić information content (AvgIpc) is 2.81. The first-order valence-electron chi connectivity index (χ1n) is 10.1. The maximum atomic E-state index is 12.7. The lowest BCUT2D eigenvalue weighted by Gasteiger charge is -2.31. The molecule has 1 saturated heterocycles. The molecule has 0 saturated carbocycles. The lowest BCUT2D eigenvalue weighted by molar-refractivity contribution is -0.137. The molecular weight excluding hydrogens is 441 g/mol. The van der Waals surface area contributed by atoms with Crippen molar-refractivity contribution in [1.82, 2.24) is 21.1 Å². The third-order valence-electron chi connectivity index (χ3n) is 5.21. The summed E-state index contributed by atoms with van der Waals surface area (Å²) in [6, 6.07) is 13.8. The smallest absolute Gasteiger partial charge is 0.357 e. The number of benzene rings is 2. The van der Waals surface area contributed by atoms with Gasteiger partial charge in [-0.3, -0.25) is 20.4 Å². The van der Waals surface area contributed by atoms with Gasteiger partial charge < -0.3 is 10.2 Å². The highest BCUT2D eigenvalue weighted by Crippen LogP contribution is 2.29. The molecule has 0 aliphatic carbocycles. The van der Waals surface area contributed by atoms with Gasteiger partial charge in [-0.05, 0) is 54.9 Å². The maximum absolute atomic E-state index is 12.7. The van der Waals surface area contributed by atoms with Crippen LogP contribution in [0.2, 0.25) is 0 Å². The predicted molar refractivity (Wildman–Crippen MR) is 117 cm³/mol. The first-order chi connectivity index (χ1) is 15.2. The Labute approximate surface area is 189 Å². The third kappa shape index (κ3) is 6.43. The minimum Gasteiger partial charge on any atom is -0.357 e. The van der Waals surface area contributed by atoms with E-state index >= 15 is 0 Å². The largest absolute Gasteiger partial charge is 0.416 e. The lowest BCUT2D eigenvalue weighted by atomic mass is 9.95. The third-order valence-corrected chi connectivity index (χ3v) is 5.45. The van der Waals surface area contributed by atoms with Crippen molar-refractivity contribution >= 4 is 29.1 Å². The van der Waals surface area contributed by atoms with Crippen molar-refractivity contribution in [1.29, 1.82) is 0 Å². The normalized spacial score (nSPS) is 14.5. The van der Waals surface area contributed by atoms with Gasteiger partial charge >= 0.3 is 6.18 Å². The van der Waals surface area contributed by atoms with Crippen LogP contribution in [0.3, 0.4) is 0 Å². The van der Waals surface area contributed by atoms with Gasteiger partial charge in [0.2, 0.25) is 5.91 Å². The highest BCUT2D eigenvalue weighted by molar-refractivity contribution is 7.80. The number of hydrogen-bond donors (Lipinski definition) is 3. The van der Waals surface area contributed by atoms with E-state index in [1.54, 1.807) is 4.90 Å². The molecule has 170 valence electrons. The van der Waals surface area contributed by atoms with E-state index < -0.39 is 11.7 Å². The first-order valence-corrected chi connectivity index (χ1v) is 10.5.